The third-order valence-corrected chi connectivity index (χ3v) is 5.67. The summed E-state index contributed by atoms with van der Waals surface area (Å²) in [4.78, 5) is 27.2. The molecule has 156 valence electrons. The van der Waals surface area contributed by atoms with Crippen LogP contribution < -0.4 is 10.1 Å². The summed E-state index contributed by atoms with van der Waals surface area (Å²) >= 11 is 0. The highest BCUT2D eigenvalue weighted by molar-refractivity contribution is 6.04. The largest absolute Gasteiger partial charge is 0.497 e. The second-order valence-corrected chi connectivity index (χ2v) is 7.58. The minimum absolute atomic E-state index is 0.0599. The summed E-state index contributed by atoms with van der Waals surface area (Å²) in [5.41, 5.74) is 2.43. The molecule has 4 rings (SSSR count). The van der Waals surface area contributed by atoms with Crippen molar-refractivity contribution in [3.05, 3.63) is 59.8 Å². The third kappa shape index (κ3) is 4.30. The number of H-pyrrole nitrogens is 1. The molecule has 1 aliphatic heterocycles. The molecule has 0 atom stereocenters. The summed E-state index contributed by atoms with van der Waals surface area (Å²) in [6, 6.07) is 15.5. The Hall–Kier alpha value is -3.35. The van der Waals surface area contributed by atoms with Gasteiger partial charge in [-0.05, 0) is 43.0 Å². The van der Waals surface area contributed by atoms with Crippen molar-refractivity contribution in [1.82, 2.24) is 20.4 Å². The highest BCUT2D eigenvalue weighted by Gasteiger charge is 2.29. The molecule has 1 aromatic heterocycles. The second-order valence-electron chi connectivity index (χ2n) is 7.58. The number of methoxy groups -OCH3 is 1. The number of carbonyl (C=O) groups excluding carboxylic acids is 2. The minimum Gasteiger partial charge on any atom is -0.497 e. The third-order valence-electron chi connectivity index (χ3n) is 5.67. The Bertz CT molecular complexity index is 1040. The van der Waals surface area contributed by atoms with E-state index < -0.39 is 0 Å². The molecular weight excluding hydrogens is 380 g/mol. The lowest BCUT2D eigenvalue weighted by atomic mass is 9.95. The van der Waals surface area contributed by atoms with Crippen molar-refractivity contribution in [3.63, 3.8) is 0 Å². The number of piperidine rings is 1. The Morgan fingerprint density at radius 2 is 1.97 bits per heavy atom. The molecule has 1 saturated heterocycles. The van der Waals surface area contributed by atoms with Crippen LogP contribution in [0.4, 0.5) is 0 Å². The van der Waals surface area contributed by atoms with Gasteiger partial charge in [0, 0.05) is 30.9 Å². The van der Waals surface area contributed by atoms with Crippen molar-refractivity contribution in [2.45, 2.75) is 19.3 Å². The number of hydrogen-bond donors (Lipinski definition) is 2. The maximum atomic E-state index is 12.9. The molecule has 7 heteroatoms. The summed E-state index contributed by atoms with van der Waals surface area (Å²) < 4.78 is 5.23. The first-order valence-electron chi connectivity index (χ1n) is 10.3. The Morgan fingerprint density at radius 1 is 1.17 bits per heavy atom. The van der Waals surface area contributed by atoms with Gasteiger partial charge in [-0.2, -0.15) is 5.10 Å². The molecule has 2 aromatic carbocycles. The quantitative estimate of drug-likeness (QED) is 0.659. The molecule has 2 heterocycles. The Kier molecular flexibility index (Phi) is 5.97. The summed E-state index contributed by atoms with van der Waals surface area (Å²) in [5, 5.41) is 11.0. The van der Waals surface area contributed by atoms with Gasteiger partial charge in [0.05, 0.1) is 12.6 Å². The van der Waals surface area contributed by atoms with E-state index in [1.165, 1.54) is 0 Å². The molecule has 7 nitrogen and oxygen atoms in total. The predicted octanol–water partition coefficient (Wildman–Crippen LogP) is 2.78. The van der Waals surface area contributed by atoms with Gasteiger partial charge in [-0.1, -0.05) is 30.3 Å². The number of para-hydroxylation sites is 1. The van der Waals surface area contributed by atoms with Gasteiger partial charge in [-0.3, -0.25) is 14.7 Å². The lowest BCUT2D eigenvalue weighted by Crippen LogP contribution is -2.43. The van der Waals surface area contributed by atoms with Crippen LogP contribution in [0.15, 0.2) is 48.5 Å². The highest BCUT2D eigenvalue weighted by atomic mass is 16.5. The molecule has 2 amide bonds. The summed E-state index contributed by atoms with van der Waals surface area (Å²) in [6.07, 6.45) is 2.09. The van der Waals surface area contributed by atoms with E-state index in [0.717, 1.165) is 28.6 Å². The highest BCUT2D eigenvalue weighted by Crippen LogP contribution is 2.22. The molecule has 30 heavy (non-hydrogen) atoms. The van der Waals surface area contributed by atoms with Crippen molar-refractivity contribution >= 4 is 22.7 Å². The van der Waals surface area contributed by atoms with Crippen LogP contribution in [0.5, 0.6) is 5.75 Å². The summed E-state index contributed by atoms with van der Waals surface area (Å²) in [6.45, 7) is 1.71. The van der Waals surface area contributed by atoms with Crippen molar-refractivity contribution in [2.24, 2.45) is 5.92 Å². The number of likely N-dealkylation sites (tertiary alicyclic amines) is 1. The van der Waals surface area contributed by atoms with Gasteiger partial charge in [0.25, 0.3) is 5.91 Å². The number of benzene rings is 2. The number of fused-ring (bicyclic) bond motifs is 1. The fourth-order valence-electron chi connectivity index (χ4n) is 3.92. The Balaban J connectivity index is 1.26. The van der Waals surface area contributed by atoms with E-state index in [2.05, 4.69) is 15.5 Å². The minimum atomic E-state index is -0.0793. The second kappa shape index (κ2) is 8.98. The fourth-order valence-corrected chi connectivity index (χ4v) is 3.92. The average molecular weight is 406 g/mol. The maximum Gasteiger partial charge on any atom is 0.274 e. The zero-order valence-electron chi connectivity index (χ0n) is 17.1. The average Bonchev–Trinajstić information content (AvgIpc) is 3.23. The number of aromatic amines is 1. The normalized spacial score (nSPS) is 14.6. The standard InChI is InChI=1S/C23H26N4O3/c1-30-18-6-4-5-16(15-18)9-12-24-22(28)17-10-13-27(14-11-17)23(29)21-19-7-2-3-8-20(19)25-26-21/h2-8,15,17H,9-14H2,1H3,(H,24,28)(H,25,26). The Labute approximate surface area is 175 Å². The van der Waals surface area contributed by atoms with E-state index in [0.29, 0.717) is 38.2 Å². The number of nitrogens with zero attached hydrogens (tertiary/aromatic N) is 2. The number of rotatable bonds is 6. The van der Waals surface area contributed by atoms with Crippen LogP contribution in [0.2, 0.25) is 0 Å². The molecule has 0 unspecified atom stereocenters. The molecule has 2 N–H and O–H groups in total. The molecular formula is C23H26N4O3. The molecule has 0 aliphatic carbocycles. The van der Waals surface area contributed by atoms with Crippen LogP contribution in [0.3, 0.4) is 0 Å². The number of aromatic nitrogens is 2. The molecule has 0 spiro atoms. The van der Waals surface area contributed by atoms with Crippen LogP contribution >= 0.6 is 0 Å². The van der Waals surface area contributed by atoms with Gasteiger partial charge in [-0.25, -0.2) is 0 Å². The molecule has 0 bridgehead atoms. The first-order valence-corrected chi connectivity index (χ1v) is 10.3. The Morgan fingerprint density at radius 3 is 2.77 bits per heavy atom. The van der Waals surface area contributed by atoms with Gasteiger partial charge in [-0.15, -0.1) is 0 Å². The number of amides is 2. The van der Waals surface area contributed by atoms with Crippen LogP contribution in [-0.4, -0.2) is 53.7 Å². The molecule has 0 radical (unpaired) electrons. The number of ether oxygens (including phenoxy) is 1. The monoisotopic (exact) mass is 406 g/mol. The topological polar surface area (TPSA) is 87.3 Å². The number of nitrogens with one attached hydrogen (secondary N) is 2. The fraction of sp³-hybridized carbons (Fsp3) is 0.348. The zero-order valence-corrected chi connectivity index (χ0v) is 17.1. The van der Waals surface area contributed by atoms with Crippen molar-refractivity contribution in [1.29, 1.82) is 0 Å². The molecule has 0 saturated carbocycles. The molecule has 1 fully saturated rings. The van der Waals surface area contributed by atoms with Crippen LogP contribution in [-0.2, 0) is 11.2 Å². The van der Waals surface area contributed by atoms with Crippen LogP contribution in [0, 0.1) is 5.92 Å². The molecule has 1 aliphatic rings. The van der Waals surface area contributed by atoms with E-state index in [1.807, 2.05) is 48.5 Å². The van der Waals surface area contributed by atoms with Crippen molar-refractivity contribution < 1.29 is 14.3 Å². The first-order chi connectivity index (χ1) is 14.7. The van der Waals surface area contributed by atoms with E-state index >= 15 is 0 Å². The molecule has 3 aromatic rings. The van der Waals surface area contributed by atoms with Gasteiger partial charge in [0.1, 0.15) is 5.75 Å². The van der Waals surface area contributed by atoms with Gasteiger partial charge in [0.15, 0.2) is 5.69 Å². The van der Waals surface area contributed by atoms with Crippen molar-refractivity contribution in [3.8, 4) is 5.75 Å². The smallest absolute Gasteiger partial charge is 0.274 e. The van der Waals surface area contributed by atoms with E-state index in [1.54, 1.807) is 12.0 Å². The van der Waals surface area contributed by atoms with Crippen LogP contribution in [0.25, 0.3) is 10.9 Å². The predicted molar refractivity (Wildman–Crippen MR) is 114 cm³/mol. The number of hydrogen-bond acceptors (Lipinski definition) is 4. The SMILES string of the molecule is COc1cccc(CCNC(=O)C2CCN(C(=O)c3n[nH]c4ccccc34)CC2)c1. The lowest BCUT2D eigenvalue weighted by molar-refractivity contribution is -0.126. The first kappa shape index (κ1) is 19.9. The van der Waals surface area contributed by atoms with Gasteiger partial charge < -0.3 is 15.0 Å². The van der Waals surface area contributed by atoms with E-state index in [-0.39, 0.29) is 17.7 Å². The maximum absolute atomic E-state index is 12.9. The number of carbonyl (C=O) groups is 2. The lowest BCUT2D eigenvalue weighted by Gasteiger charge is -2.31. The van der Waals surface area contributed by atoms with Crippen molar-refractivity contribution in [2.75, 3.05) is 26.7 Å². The van der Waals surface area contributed by atoms with Gasteiger partial charge >= 0.3 is 0 Å². The zero-order chi connectivity index (χ0) is 20.9. The van der Waals surface area contributed by atoms with E-state index in [4.69, 9.17) is 4.74 Å². The summed E-state index contributed by atoms with van der Waals surface area (Å²) in [5.74, 6) is 0.746. The van der Waals surface area contributed by atoms with Crippen LogP contribution in [0.1, 0.15) is 28.9 Å². The van der Waals surface area contributed by atoms with E-state index in [9.17, 15) is 9.59 Å². The van der Waals surface area contributed by atoms with Gasteiger partial charge in [0.2, 0.25) is 5.91 Å². The summed E-state index contributed by atoms with van der Waals surface area (Å²) in [7, 11) is 1.65.